The minimum atomic E-state index is -0.627. The molecule has 88 valence electrons. The van der Waals surface area contributed by atoms with Gasteiger partial charge < -0.3 is 10.5 Å². The van der Waals surface area contributed by atoms with E-state index in [4.69, 9.17) is 22.7 Å². The summed E-state index contributed by atoms with van der Waals surface area (Å²) in [6.07, 6.45) is 0. The van der Waals surface area contributed by atoms with Crippen molar-refractivity contribution in [3.63, 3.8) is 0 Å². The quantitative estimate of drug-likeness (QED) is 0.843. The molecule has 0 aliphatic carbocycles. The lowest BCUT2D eigenvalue weighted by Gasteiger charge is -2.25. The monoisotopic (exact) mass is 245 g/mol. The molecule has 17 heavy (non-hydrogen) atoms. The van der Waals surface area contributed by atoms with Gasteiger partial charge in [0, 0.05) is 0 Å². The van der Waals surface area contributed by atoms with E-state index in [1.165, 1.54) is 5.39 Å². The van der Waals surface area contributed by atoms with Gasteiger partial charge in [0.1, 0.15) is 10.7 Å². The third kappa shape index (κ3) is 2.56. The average Bonchev–Trinajstić information content (AvgIpc) is 2.28. The van der Waals surface area contributed by atoms with Crippen LogP contribution in [0.3, 0.4) is 0 Å². The first-order chi connectivity index (χ1) is 7.99. The van der Waals surface area contributed by atoms with Crippen LogP contribution < -0.4 is 10.5 Å². The zero-order chi connectivity index (χ0) is 12.5. The SMILES string of the molecule is CC(C)(Oc1ccc2ccccc2c1)C(N)=S. The highest BCUT2D eigenvalue weighted by Gasteiger charge is 2.23. The molecule has 0 aromatic heterocycles. The van der Waals surface area contributed by atoms with Crippen molar-refractivity contribution in [2.24, 2.45) is 5.73 Å². The maximum Gasteiger partial charge on any atom is 0.153 e. The van der Waals surface area contributed by atoms with Gasteiger partial charge in [0.05, 0.1) is 0 Å². The van der Waals surface area contributed by atoms with Gasteiger partial charge in [-0.05, 0) is 36.8 Å². The average molecular weight is 245 g/mol. The van der Waals surface area contributed by atoms with Crippen LogP contribution in [-0.2, 0) is 0 Å². The van der Waals surface area contributed by atoms with Gasteiger partial charge in [-0.25, -0.2) is 0 Å². The van der Waals surface area contributed by atoms with E-state index in [0.717, 1.165) is 11.1 Å². The number of ether oxygens (including phenoxy) is 1. The van der Waals surface area contributed by atoms with Gasteiger partial charge in [0.25, 0.3) is 0 Å². The van der Waals surface area contributed by atoms with E-state index in [0.29, 0.717) is 4.99 Å². The molecule has 2 aromatic rings. The maximum atomic E-state index is 5.81. The lowest BCUT2D eigenvalue weighted by atomic mass is 10.1. The van der Waals surface area contributed by atoms with Gasteiger partial charge >= 0.3 is 0 Å². The molecule has 0 saturated heterocycles. The summed E-state index contributed by atoms with van der Waals surface area (Å²) < 4.78 is 5.81. The first-order valence-corrected chi connectivity index (χ1v) is 5.87. The summed E-state index contributed by atoms with van der Waals surface area (Å²) in [7, 11) is 0. The van der Waals surface area contributed by atoms with Crippen LogP contribution in [0.1, 0.15) is 13.8 Å². The molecule has 0 unspecified atom stereocenters. The topological polar surface area (TPSA) is 35.2 Å². The molecule has 0 atom stereocenters. The summed E-state index contributed by atoms with van der Waals surface area (Å²) in [6.45, 7) is 3.73. The van der Waals surface area contributed by atoms with Crippen molar-refractivity contribution in [3.8, 4) is 5.75 Å². The first kappa shape index (κ1) is 11.9. The molecule has 0 spiro atoms. The molecule has 0 aliphatic heterocycles. The van der Waals surface area contributed by atoms with E-state index in [1.54, 1.807) is 0 Å². The fourth-order valence-corrected chi connectivity index (χ4v) is 1.62. The lowest BCUT2D eigenvalue weighted by molar-refractivity contribution is 0.184. The maximum absolute atomic E-state index is 5.81. The molecular weight excluding hydrogens is 230 g/mol. The lowest BCUT2D eigenvalue weighted by Crippen LogP contribution is -2.41. The van der Waals surface area contributed by atoms with Crippen LogP contribution in [0, 0.1) is 0 Å². The minimum Gasteiger partial charge on any atom is -0.481 e. The van der Waals surface area contributed by atoms with Crippen molar-refractivity contribution in [1.29, 1.82) is 0 Å². The molecular formula is C14H15NOS. The Hall–Kier alpha value is -1.61. The molecule has 2 N–H and O–H groups in total. The number of hydrogen-bond donors (Lipinski definition) is 1. The zero-order valence-corrected chi connectivity index (χ0v) is 10.8. The molecule has 2 aromatic carbocycles. The van der Waals surface area contributed by atoms with Crippen LogP contribution in [0.25, 0.3) is 10.8 Å². The molecule has 2 rings (SSSR count). The van der Waals surface area contributed by atoms with E-state index >= 15 is 0 Å². The van der Waals surface area contributed by atoms with Crippen LogP contribution in [0.15, 0.2) is 42.5 Å². The van der Waals surface area contributed by atoms with Gasteiger partial charge in [0.2, 0.25) is 0 Å². The molecule has 0 heterocycles. The predicted octanol–water partition coefficient (Wildman–Crippen LogP) is 3.28. The number of fused-ring (bicyclic) bond motifs is 1. The van der Waals surface area contributed by atoms with Gasteiger partial charge in [-0.1, -0.05) is 42.5 Å². The Kier molecular flexibility index (Phi) is 3.03. The fraction of sp³-hybridized carbons (Fsp3) is 0.214. The summed E-state index contributed by atoms with van der Waals surface area (Å²) in [4.78, 5) is 0.352. The van der Waals surface area contributed by atoms with Crippen LogP contribution in [0.5, 0.6) is 5.75 Å². The van der Waals surface area contributed by atoms with E-state index < -0.39 is 5.60 Å². The second-order valence-electron chi connectivity index (χ2n) is 4.49. The van der Waals surface area contributed by atoms with E-state index in [9.17, 15) is 0 Å². The second kappa shape index (κ2) is 4.34. The molecule has 0 saturated carbocycles. The Morgan fingerprint density at radius 1 is 1.12 bits per heavy atom. The second-order valence-corrected chi connectivity index (χ2v) is 4.93. The molecule has 0 radical (unpaired) electrons. The van der Waals surface area contributed by atoms with Crippen LogP contribution in [0.4, 0.5) is 0 Å². The van der Waals surface area contributed by atoms with E-state index in [-0.39, 0.29) is 0 Å². The smallest absolute Gasteiger partial charge is 0.153 e. The van der Waals surface area contributed by atoms with Gasteiger partial charge in [-0.3, -0.25) is 0 Å². The fourth-order valence-electron chi connectivity index (χ4n) is 1.58. The number of nitrogens with two attached hydrogens (primary N) is 1. The number of thiocarbonyl (C=S) groups is 1. The highest BCUT2D eigenvalue weighted by Crippen LogP contribution is 2.24. The van der Waals surface area contributed by atoms with Crippen molar-refractivity contribution in [2.45, 2.75) is 19.4 Å². The Balaban J connectivity index is 2.34. The Labute approximate surface area is 106 Å². The van der Waals surface area contributed by atoms with Crippen LogP contribution in [-0.4, -0.2) is 10.6 Å². The zero-order valence-electron chi connectivity index (χ0n) is 9.94. The molecule has 0 fully saturated rings. The third-order valence-corrected chi connectivity index (χ3v) is 3.18. The van der Waals surface area contributed by atoms with Crippen LogP contribution in [0.2, 0.25) is 0 Å². The van der Waals surface area contributed by atoms with E-state index in [2.05, 4.69) is 12.1 Å². The van der Waals surface area contributed by atoms with Gasteiger partial charge in [0.15, 0.2) is 5.60 Å². The first-order valence-electron chi connectivity index (χ1n) is 5.47. The predicted molar refractivity (Wildman–Crippen MR) is 75.4 cm³/mol. The van der Waals surface area contributed by atoms with Crippen LogP contribution >= 0.6 is 12.2 Å². The molecule has 0 aliphatic rings. The number of hydrogen-bond acceptors (Lipinski definition) is 2. The Morgan fingerprint density at radius 2 is 1.76 bits per heavy atom. The van der Waals surface area contributed by atoms with E-state index in [1.807, 2.05) is 44.2 Å². The Bertz CT molecular complexity index is 563. The Morgan fingerprint density at radius 3 is 2.41 bits per heavy atom. The van der Waals surface area contributed by atoms with Gasteiger partial charge in [-0.2, -0.15) is 0 Å². The molecule has 2 nitrogen and oxygen atoms in total. The standard InChI is InChI=1S/C14H15NOS/c1-14(2,13(15)17)16-12-8-7-10-5-3-4-6-11(10)9-12/h3-9H,1-2H3,(H2,15,17). The number of rotatable bonds is 3. The largest absolute Gasteiger partial charge is 0.481 e. The minimum absolute atomic E-state index is 0.352. The van der Waals surface area contributed by atoms with Crippen molar-refractivity contribution in [2.75, 3.05) is 0 Å². The molecule has 3 heteroatoms. The molecule has 0 amide bonds. The number of benzene rings is 2. The summed E-state index contributed by atoms with van der Waals surface area (Å²) in [5, 5.41) is 2.33. The summed E-state index contributed by atoms with van der Waals surface area (Å²) in [5.74, 6) is 0.779. The van der Waals surface area contributed by atoms with Gasteiger partial charge in [-0.15, -0.1) is 0 Å². The van der Waals surface area contributed by atoms with Crippen molar-refractivity contribution >= 4 is 28.0 Å². The summed E-state index contributed by atoms with van der Waals surface area (Å²) in [6, 6.07) is 14.1. The molecule has 0 bridgehead atoms. The van der Waals surface area contributed by atoms with Crippen molar-refractivity contribution in [3.05, 3.63) is 42.5 Å². The van der Waals surface area contributed by atoms with Crippen molar-refractivity contribution in [1.82, 2.24) is 0 Å². The summed E-state index contributed by atoms with van der Waals surface area (Å²) in [5.41, 5.74) is 5.01. The highest BCUT2D eigenvalue weighted by molar-refractivity contribution is 7.80. The highest BCUT2D eigenvalue weighted by atomic mass is 32.1. The third-order valence-electron chi connectivity index (χ3n) is 2.69. The van der Waals surface area contributed by atoms with Crippen molar-refractivity contribution < 1.29 is 4.74 Å². The summed E-state index contributed by atoms with van der Waals surface area (Å²) >= 11 is 4.98. The normalized spacial score (nSPS) is 11.4.